The molecule has 0 aliphatic carbocycles. The van der Waals surface area contributed by atoms with E-state index in [0.29, 0.717) is 12.3 Å². The predicted molar refractivity (Wildman–Crippen MR) is 71.3 cm³/mol. The van der Waals surface area contributed by atoms with Crippen molar-refractivity contribution in [2.75, 3.05) is 20.3 Å². The second kappa shape index (κ2) is 6.84. The Morgan fingerprint density at radius 1 is 1.47 bits per heavy atom. The van der Waals surface area contributed by atoms with Crippen LogP contribution in [0.15, 0.2) is 18.2 Å². The minimum Gasteiger partial charge on any atom is -0.494 e. The summed E-state index contributed by atoms with van der Waals surface area (Å²) in [6, 6.07) is 5.20. The Kier molecular flexibility index (Phi) is 5.13. The molecule has 0 saturated carbocycles. The Bertz CT molecular complexity index is 408. The van der Waals surface area contributed by atoms with Crippen molar-refractivity contribution in [3.05, 3.63) is 29.6 Å². The van der Waals surface area contributed by atoms with E-state index < -0.39 is 0 Å². The fraction of sp³-hybridized carbons (Fsp3) is 0.571. The van der Waals surface area contributed by atoms with Gasteiger partial charge in [0.25, 0.3) is 0 Å². The van der Waals surface area contributed by atoms with Crippen molar-refractivity contribution in [3.63, 3.8) is 0 Å². The Hall–Kier alpha value is -1.17. The molecule has 0 spiro atoms. The van der Waals surface area contributed by atoms with Crippen molar-refractivity contribution in [1.29, 1.82) is 0 Å². The summed E-state index contributed by atoms with van der Waals surface area (Å²) in [5.41, 5.74) is 3.78. The van der Waals surface area contributed by atoms with Gasteiger partial charge in [0.1, 0.15) is 0 Å². The molecule has 0 radical (unpaired) electrons. The first-order valence-electron chi connectivity index (χ1n) is 6.61. The molecular formula is C14H21FN2O2. The van der Waals surface area contributed by atoms with Gasteiger partial charge in [-0.25, -0.2) is 4.39 Å². The van der Waals surface area contributed by atoms with Gasteiger partial charge in [-0.05, 0) is 42.9 Å². The number of nitrogens with two attached hydrogens (primary N) is 1. The Labute approximate surface area is 113 Å². The number of benzene rings is 1. The highest BCUT2D eigenvalue weighted by atomic mass is 19.1. The molecule has 1 atom stereocenters. The van der Waals surface area contributed by atoms with Crippen LogP contribution in [0.3, 0.4) is 0 Å². The summed E-state index contributed by atoms with van der Waals surface area (Å²) in [5.74, 6) is 6.05. The van der Waals surface area contributed by atoms with E-state index in [9.17, 15) is 4.39 Å². The summed E-state index contributed by atoms with van der Waals surface area (Å²) < 4.78 is 23.9. The van der Waals surface area contributed by atoms with Crippen LogP contribution in [0.5, 0.6) is 5.75 Å². The van der Waals surface area contributed by atoms with E-state index in [1.54, 1.807) is 6.07 Å². The third kappa shape index (κ3) is 3.65. The molecule has 1 saturated heterocycles. The van der Waals surface area contributed by atoms with E-state index in [0.717, 1.165) is 31.6 Å². The van der Waals surface area contributed by atoms with Crippen molar-refractivity contribution in [3.8, 4) is 5.75 Å². The van der Waals surface area contributed by atoms with Crippen LogP contribution in [0.1, 0.15) is 18.4 Å². The molecule has 0 amide bonds. The average molecular weight is 268 g/mol. The summed E-state index contributed by atoms with van der Waals surface area (Å²) >= 11 is 0. The van der Waals surface area contributed by atoms with Gasteiger partial charge < -0.3 is 9.47 Å². The largest absolute Gasteiger partial charge is 0.494 e. The average Bonchev–Trinajstić information content (AvgIpc) is 2.46. The predicted octanol–water partition coefficient (Wildman–Crippen LogP) is 1.64. The van der Waals surface area contributed by atoms with Gasteiger partial charge in [-0.1, -0.05) is 6.07 Å². The highest BCUT2D eigenvalue weighted by molar-refractivity contribution is 5.29. The fourth-order valence-electron chi connectivity index (χ4n) is 2.57. The quantitative estimate of drug-likeness (QED) is 0.629. The summed E-state index contributed by atoms with van der Waals surface area (Å²) in [4.78, 5) is 0. The van der Waals surface area contributed by atoms with E-state index in [-0.39, 0.29) is 17.6 Å². The zero-order chi connectivity index (χ0) is 13.7. The van der Waals surface area contributed by atoms with Crippen LogP contribution in [-0.4, -0.2) is 26.4 Å². The molecule has 1 aromatic rings. The molecule has 3 N–H and O–H groups in total. The lowest BCUT2D eigenvalue weighted by Crippen LogP contribution is -2.44. The lowest BCUT2D eigenvalue weighted by atomic mass is 9.88. The molecule has 1 aliphatic rings. The Balaban J connectivity index is 2.03. The molecule has 1 heterocycles. The van der Waals surface area contributed by atoms with Gasteiger partial charge in [0.2, 0.25) is 0 Å². The SMILES string of the molecule is COc1ccc(CC(NN)C2CCOCC2)cc1F. The fourth-order valence-corrected chi connectivity index (χ4v) is 2.57. The highest BCUT2D eigenvalue weighted by Crippen LogP contribution is 2.23. The first-order valence-corrected chi connectivity index (χ1v) is 6.61. The third-order valence-electron chi connectivity index (χ3n) is 3.72. The van der Waals surface area contributed by atoms with Crippen LogP contribution in [0.4, 0.5) is 4.39 Å². The maximum atomic E-state index is 13.7. The number of rotatable bonds is 5. The van der Waals surface area contributed by atoms with Crippen LogP contribution in [-0.2, 0) is 11.2 Å². The molecule has 1 unspecified atom stereocenters. The number of methoxy groups -OCH3 is 1. The first-order chi connectivity index (χ1) is 9.24. The van der Waals surface area contributed by atoms with Crippen molar-refractivity contribution < 1.29 is 13.9 Å². The Morgan fingerprint density at radius 2 is 2.21 bits per heavy atom. The van der Waals surface area contributed by atoms with E-state index >= 15 is 0 Å². The van der Waals surface area contributed by atoms with Crippen LogP contribution < -0.4 is 16.0 Å². The van der Waals surface area contributed by atoms with Gasteiger partial charge in [0.05, 0.1) is 7.11 Å². The molecule has 0 aromatic heterocycles. The monoisotopic (exact) mass is 268 g/mol. The maximum absolute atomic E-state index is 13.7. The number of ether oxygens (including phenoxy) is 2. The molecule has 0 bridgehead atoms. The van der Waals surface area contributed by atoms with E-state index in [4.69, 9.17) is 15.3 Å². The van der Waals surface area contributed by atoms with E-state index in [2.05, 4.69) is 5.43 Å². The van der Waals surface area contributed by atoms with E-state index in [1.807, 2.05) is 6.07 Å². The molecule has 1 aliphatic heterocycles. The first kappa shape index (κ1) is 14.2. The van der Waals surface area contributed by atoms with Gasteiger partial charge in [-0.15, -0.1) is 0 Å². The number of hydrogen-bond donors (Lipinski definition) is 2. The van der Waals surface area contributed by atoms with Crippen molar-refractivity contribution >= 4 is 0 Å². The highest BCUT2D eigenvalue weighted by Gasteiger charge is 2.23. The number of hydrazine groups is 1. The second-order valence-corrected chi connectivity index (χ2v) is 4.90. The molecule has 2 rings (SSSR count). The van der Waals surface area contributed by atoms with Crippen LogP contribution in [0.2, 0.25) is 0 Å². The topological polar surface area (TPSA) is 56.5 Å². The van der Waals surface area contributed by atoms with Crippen LogP contribution in [0, 0.1) is 11.7 Å². The molecular weight excluding hydrogens is 247 g/mol. The van der Waals surface area contributed by atoms with Gasteiger partial charge in [-0.3, -0.25) is 11.3 Å². The minimum atomic E-state index is -0.331. The van der Waals surface area contributed by atoms with Crippen LogP contribution >= 0.6 is 0 Å². The van der Waals surface area contributed by atoms with Crippen LogP contribution in [0.25, 0.3) is 0 Å². The zero-order valence-corrected chi connectivity index (χ0v) is 11.2. The van der Waals surface area contributed by atoms with Gasteiger partial charge >= 0.3 is 0 Å². The second-order valence-electron chi connectivity index (χ2n) is 4.90. The maximum Gasteiger partial charge on any atom is 0.165 e. The number of halogens is 1. The summed E-state index contributed by atoms with van der Waals surface area (Å²) in [6.45, 7) is 1.56. The summed E-state index contributed by atoms with van der Waals surface area (Å²) in [7, 11) is 1.46. The van der Waals surface area contributed by atoms with Gasteiger partial charge in [0, 0.05) is 19.3 Å². The normalized spacial score (nSPS) is 18.3. The standard InChI is InChI=1S/C14H21FN2O2/c1-18-14-3-2-10(8-12(14)15)9-13(17-16)11-4-6-19-7-5-11/h2-3,8,11,13,17H,4-7,9,16H2,1H3. The smallest absolute Gasteiger partial charge is 0.165 e. The molecule has 106 valence electrons. The lowest BCUT2D eigenvalue weighted by molar-refractivity contribution is 0.0537. The van der Waals surface area contributed by atoms with Crippen molar-refractivity contribution in [2.24, 2.45) is 11.8 Å². The summed E-state index contributed by atoms with van der Waals surface area (Å²) in [5, 5.41) is 0. The minimum absolute atomic E-state index is 0.150. The van der Waals surface area contributed by atoms with Crippen molar-refractivity contribution in [2.45, 2.75) is 25.3 Å². The molecule has 5 heteroatoms. The van der Waals surface area contributed by atoms with E-state index in [1.165, 1.54) is 13.2 Å². The van der Waals surface area contributed by atoms with Gasteiger partial charge in [0.15, 0.2) is 11.6 Å². The summed E-state index contributed by atoms with van der Waals surface area (Å²) in [6.07, 6.45) is 2.70. The molecule has 19 heavy (non-hydrogen) atoms. The van der Waals surface area contributed by atoms with Crippen molar-refractivity contribution in [1.82, 2.24) is 5.43 Å². The molecule has 1 fully saturated rings. The number of hydrogen-bond acceptors (Lipinski definition) is 4. The zero-order valence-electron chi connectivity index (χ0n) is 11.2. The Morgan fingerprint density at radius 3 is 2.79 bits per heavy atom. The lowest BCUT2D eigenvalue weighted by Gasteiger charge is -2.30. The van der Waals surface area contributed by atoms with Gasteiger partial charge in [-0.2, -0.15) is 0 Å². The third-order valence-corrected chi connectivity index (χ3v) is 3.72. The molecule has 1 aromatic carbocycles. The molecule has 4 nitrogen and oxygen atoms in total. The number of nitrogens with one attached hydrogen (secondary N) is 1.